The van der Waals surface area contributed by atoms with Crippen molar-refractivity contribution >= 4 is 43.8 Å². The molecule has 0 atom stereocenters. The number of hydrogen-bond acceptors (Lipinski definition) is 5. The van der Waals surface area contributed by atoms with Crippen LogP contribution in [0.3, 0.4) is 0 Å². The highest BCUT2D eigenvalue weighted by molar-refractivity contribution is 7.93. The minimum absolute atomic E-state index is 0.0521. The average Bonchev–Trinajstić information content (AvgIpc) is 3.05. The fourth-order valence-corrected chi connectivity index (χ4v) is 4.79. The van der Waals surface area contributed by atoms with Crippen LogP contribution in [0.25, 0.3) is 0 Å². The zero-order valence-corrected chi connectivity index (χ0v) is 14.2. The van der Waals surface area contributed by atoms with Gasteiger partial charge in [-0.1, -0.05) is 18.2 Å². The maximum Gasteiger partial charge on any atom is 0.265 e. The Kier molecular flexibility index (Phi) is 3.88. The van der Waals surface area contributed by atoms with Crippen molar-refractivity contribution in [3.05, 3.63) is 46.6 Å². The standard InChI is InChI=1S/C14H14ClN3O2S2/c1-9(2)18-5-3-10-7-11(15)13(8-12(10)18)22(19,20)17-14-16-4-6-21-14/h4,6-8H,1,3,5H2,2H3,(H,16,17). The molecule has 1 aliphatic heterocycles. The van der Waals surface area contributed by atoms with Gasteiger partial charge in [-0.2, -0.15) is 0 Å². The Morgan fingerprint density at radius 2 is 2.27 bits per heavy atom. The Morgan fingerprint density at radius 3 is 2.91 bits per heavy atom. The summed E-state index contributed by atoms with van der Waals surface area (Å²) in [5, 5.41) is 2.23. The number of thiazole rings is 1. The van der Waals surface area contributed by atoms with Gasteiger partial charge in [0.1, 0.15) is 4.90 Å². The third kappa shape index (κ3) is 2.71. The second-order valence-electron chi connectivity index (χ2n) is 4.99. The van der Waals surface area contributed by atoms with Gasteiger partial charge in [0.15, 0.2) is 5.13 Å². The fourth-order valence-electron chi connectivity index (χ4n) is 2.43. The summed E-state index contributed by atoms with van der Waals surface area (Å²) in [5.74, 6) is 0. The Balaban J connectivity index is 2.04. The van der Waals surface area contributed by atoms with Crippen molar-refractivity contribution in [3.8, 4) is 0 Å². The molecule has 1 aromatic carbocycles. The summed E-state index contributed by atoms with van der Waals surface area (Å²) < 4.78 is 27.5. The van der Waals surface area contributed by atoms with Crippen molar-refractivity contribution in [2.75, 3.05) is 16.2 Å². The first kappa shape index (κ1) is 15.3. The van der Waals surface area contributed by atoms with Crippen LogP contribution in [0.4, 0.5) is 10.8 Å². The second-order valence-corrected chi connectivity index (χ2v) is 7.94. The first-order chi connectivity index (χ1) is 10.4. The van der Waals surface area contributed by atoms with E-state index in [4.69, 9.17) is 11.6 Å². The third-order valence-corrected chi connectivity index (χ3v) is 6.05. The van der Waals surface area contributed by atoms with Gasteiger partial charge in [0, 0.05) is 29.5 Å². The minimum Gasteiger partial charge on any atom is -0.345 e. The molecule has 0 saturated heterocycles. The van der Waals surface area contributed by atoms with E-state index < -0.39 is 10.0 Å². The lowest BCUT2D eigenvalue weighted by Gasteiger charge is -2.20. The summed E-state index contributed by atoms with van der Waals surface area (Å²) in [4.78, 5) is 5.98. The van der Waals surface area contributed by atoms with Gasteiger partial charge < -0.3 is 4.90 Å². The van der Waals surface area contributed by atoms with E-state index in [2.05, 4.69) is 16.3 Å². The number of benzene rings is 1. The molecule has 0 amide bonds. The van der Waals surface area contributed by atoms with Crippen molar-refractivity contribution in [3.63, 3.8) is 0 Å². The van der Waals surface area contributed by atoms with Gasteiger partial charge >= 0.3 is 0 Å². The quantitative estimate of drug-likeness (QED) is 0.911. The highest BCUT2D eigenvalue weighted by atomic mass is 35.5. The van der Waals surface area contributed by atoms with Crippen LogP contribution in [0.2, 0.25) is 5.02 Å². The smallest absolute Gasteiger partial charge is 0.265 e. The van der Waals surface area contributed by atoms with Gasteiger partial charge in [-0.05, 0) is 31.0 Å². The molecule has 2 aromatic rings. The number of fused-ring (bicyclic) bond motifs is 1. The van der Waals surface area contributed by atoms with Crippen molar-refractivity contribution in [2.24, 2.45) is 0 Å². The molecule has 0 unspecified atom stereocenters. The third-order valence-electron chi connectivity index (χ3n) is 3.43. The molecule has 0 radical (unpaired) electrons. The Bertz CT molecular complexity index is 832. The molecule has 8 heteroatoms. The molecule has 116 valence electrons. The Morgan fingerprint density at radius 1 is 1.50 bits per heavy atom. The van der Waals surface area contributed by atoms with Crippen LogP contribution in [0.5, 0.6) is 0 Å². The van der Waals surface area contributed by atoms with E-state index in [1.54, 1.807) is 17.5 Å². The highest BCUT2D eigenvalue weighted by Crippen LogP contribution is 2.37. The van der Waals surface area contributed by atoms with Crippen LogP contribution in [0.15, 0.2) is 40.9 Å². The first-order valence-electron chi connectivity index (χ1n) is 6.56. The van der Waals surface area contributed by atoms with Crippen LogP contribution in [-0.2, 0) is 16.4 Å². The number of sulfonamides is 1. The van der Waals surface area contributed by atoms with E-state index >= 15 is 0 Å². The molecule has 1 aliphatic rings. The number of hydrogen-bond donors (Lipinski definition) is 1. The molecular weight excluding hydrogens is 342 g/mol. The summed E-state index contributed by atoms with van der Waals surface area (Å²) in [5.41, 5.74) is 2.75. The van der Waals surface area contributed by atoms with Gasteiger partial charge in [0.2, 0.25) is 0 Å². The van der Waals surface area contributed by atoms with Crippen LogP contribution in [-0.4, -0.2) is 19.9 Å². The topological polar surface area (TPSA) is 62.3 Å². The molecule has 1 aromatic heterocycles. The molecule has 0 saturated carbocycles. The van der Waals surface area contributed by atoms with E-state index in [0.29, 0.717) is 5.13 Å². The van der Waals surface area contributed by atoms with E-state index in [1.807, 2.05) is 11.8 Å². The molecule has 0 aliphatic carbocycles. The summed E-state index contributed by atoms with van der Waals surface area (Å²) in [7, 11) is -3.77. The van der Waals surface area contributed by atoms with Gasteiger partial charge in [0.05, 0.1) is 5.02 Å². The number of halogens is 1. The predicted molar refractivity (Wildman–Crippen MR) is 90.2 cm³/mol. The molecule has 2 heterocycles. The van der Waals surface area contributed by atoms with E-state index in [-0.39, 0.29) is 9.92 Å². The van der Waals surface area contributed by atoms with Crippen molar-refractivity contribution < 1.29 is 8.42 Å². The Hall–Kier alpha value is -1.57. The summed E-state index contributed by atoms with van der Waals surface area (Å²) in [6.07, 6.45) is 2.36. The molecule has 0 fully saturated rings. The molecule has 5 nitrogen and oxygen atoms in total. The minimum atomic E-state index is -3.77. The van der Waals surface area contributed by atoms with Gasteiger partial charge in [-0.15, -0.1) is 11.3 Å². The molecule has 3 rings (SSSR count). The van der Waals surface area contributed by atoms with Crippen molar-refractivity contribution in [1.82, 2.24) is 4.98 Å². The Labute approximate surface area is 138 Å². The lowest BCUT2D eigenvalue weighted by molar-refractivity contribution is 0.601. The SMILES string of the molecule is C=C(C)N1CCc2cc(Cl)c(S(=O)(=O)Nc3nccs3)cc21. The van der Waals surface area contributed by atoms with E-state index in [9.17, 15) is 8.42 Å². The van der Waals surface area contributed by atoms with Crippen LogP contribution < -0.4 is 9.62 Å². The summed E-state index contributed by atoms with van der Waals surface area (Å²) in [6, 6.07) is 3.32. The maximum absolute atomic E-state index is 12.5. The lowest BCUT2D eigenvalue weighted by Crippen LogP contribution is -2.18. The largest absolute Gasteiger partial charge is 0.345 e. The number of nitrogens with zero attached hydrogens (tertiary/aromatic N) is 2. The summed E-state index contributed by atoms with van der Waals surface area (Å²) in [6.45, 7) is 6.61. The molecule has 22 heavy (non-hydrogen) atoms. The first-order valence-corrected chi connectivity index (χ1v) is 9.30. The van der Waals surface area contributed by atoms with Crippen LogP contribution in [0.1, 0.15) is 12.5 Å². The van der Waals surface area contributed by atoms with Crippen LogP contribution in [0, 0.1) is 0 Å². The zero-order chi connectivity index (χ0) is 15.9. The fraction of sp³-hybridized carbons (Fsp3) is 0.214. The average molecular weight is 356 g/mol. The van der Waals surface area contributed by atoms with Crippen LogP contribution >= 0.6 is 22.9 Å². The monoisotopic (exact) mass is 355 g/mol. The van der Waals surface area contributed by atoms with E-state index in [1.165, 1.54) is 17.5 Å². The number of nitrogens with one attached hydrogen (secondary N) is 1. The van der Waals surface area contributed by atoms with E-state index in [0.717, 1.165) is 29.9 Å². The lowest BCUT2D eigenvalue weighted by atomic mass is 10.2. The zero-order valence-electron chi connectivity index (χ0n) is 11.8. The molecule has 1 N–H and O–H groups in total. The molecular formula is C14H14ClN3O2S2. The van der Waals surface area contributed by atoms with Gasteiger partial charge in [0.25, 0.3) is 10.0 Å². The van der Waals surface area contributed by atoms with Gasteiger partial charge in [-0.25, -0.2) is 13.4 Å². The molecule has 0 bridgehead atoms. The number of allylic oxidation sites excluding steroid dienone is 1. The highest BCUT2D eigenvalue weighted by Gasteiger charge is 2.26. The van der Waals surface area contributed by atoms with Gasteiger partial charge in [-0.3, -0.25) is 4.72 Å². The second kappa shape index (κ2) is 5.57. The van der Waals surface area contributed by atoms with Crippen molar-refractivity contribution in [1.29, 1.82) is 0 Å². The summed E-state index contributed by atoms with van der Waals surface area (Å²) >= 11 is 7.39. The normalized spacial score (nSPS) is 14.0. The van der Waals surface area contributed by atoms with Crippen molar-refractivity contribution in [2.45, 2.75) is 18.2 Å². The molecule has 0 spiro atoms. The number of anilines is 2. The number of aromatic nitrogens is 1. The maximum atomic E-state index is 12.5. The predicted octanol–water partition coefficient (Wildman–Crippen LogP) is 3.49. The number of rotatable bonds is 4.